The molecule has 0 spiro atoms. The van der Waals surface area contributed by atoms with Crippen molar-refractivity contribution in [3.8, 4) is 16.2 Å². The number of benzene rings is 1. The van der Waals surface area contributed by atoms with E-state index in [1.807, 2.05) is 31.2 Å². The van der Waals surface area contributed by atoms with Gasteiger partial charge in [-0.3, -0.25) is 10.1 Å². The van der Waals surface area contributed by atoms with Gasteiger partial charge in [0.15, 0.2) is 6.61 Å². The number of hydrogen-bond donors (Lipinski definition) is 2. The van der Waals surface area contributed by atoms with Gasteiger partial charge in [-0.15, -0.1) is 11.3 Å². The molecule has 8 heteroatoms. The molecule has 0 radical (unpaired) electrons. The molecule has 0 atom stereocenters. The van der Waals surface area contributed by atoms with Gasteiger partial charge in [-0.1, -0.05) is 6.92 Å². The molecule has 1 heterocycles. The number of amides is 3. The van der Waals surface area contributed by atoms with Gasteiger partial charge < -0.3 is 14.8 Å². The van der Waals surface area contributed by atoms with Crippen LogP contribution in [0.2, 0.25) is 0 Å². The number of ether oxygens (including phenoxy) is 2. The zero-order chi connectivity index (χ0) is 20.1. The standard InChI is InChI=1S/C20H22N2O5S/c1-3-8-21-20(25)22-17(23)11-27-19(24)16-10-13-5-4-12-9-14(26-2)6-7-15(12)18(13)28-16/h6-7,9-10H,3-5,8,11H2,1-2H3,(H2,21,22,23,25). The lowest BCUT2D eigenvalue weighted by Gasteiger charge is -2.16. The molecule has 0 unspecified atom stereocenters. The van der Waals surface area contributed by atoms with E-state index in [2.05, 4.69) is 10.6 Å². The molecule has 3 amide bonds. The highest BCUT2D eigenvalue weighted by Crippen LogP contribution is 2.40. The van der Waals surface area contributed by atoms with Crippen LogP contribution >= 0.6 is 11.3 Å². The highest BCUT2D eigenvalue weighted by molar-refractivity contribution is 7.17. The molecule has 0 bridgehead atoms. The van der Waals surface area contributed by atoms with Crippen LogP contribution in [0, 0.1) is 0 Å². The van der Waals surface area contributed by atoms with Gasteiger partial charge in [-0.05, 0) is 60.2 Å². The first kappa shape index (κ1) is 19.9. The van der Waals surface area contributed by atoms with Gasteiger partial charge in [0, 0.05) is 11.4 Å². The maximum Gasteiger partial charge on any atom is 0.348 e. The average molecular weight is 402 g/mol. The Morgan fingerprint density at radius 3 is 2.68 bits per heavy atom. The number of urea groups is 1. The van der Waals surface area contributed by atoms with Crippen molar-refractivity contribution in [3.63, 3.8) is 0 Å². The number of aryl methyl sites for hydroxylation is 2. The van der Waals surface area contributed by atoms with Crippen LogP contribution in [0.5, 0.6) is 5.75 Å². The zero-order valence-electron chi connectivity index (χ0n) is 15.8. The number of hydrogen-bond acceptors (Lipinski definition) is 6. The number of fused-ring (bicyclic) bond motifs is 3. The number of carbonyl (C=O) groups is 3. The summed E-state index contributed by atoms with van der Waals surface area (Å²) >= 11 is 1.35. The maximum absolute atomic E-state index is 12.3. The fraction of sp³-hybridized carbons (Fsp3) is 0.350. The van der Waals surface area contributed by atoms with Gasteiger partial charge in [0.1, 0.15) is 10.6 Å². The highest BCUT2D eigenvalue weighted by atomic mass is 32.1. The van der Waals surface area contributed by atoms with Crippen LogP contribution in [-0.4, -0.2) is 38.2 Å². The summed E-state index contributed by atoms with van der Waals surface area (Å²) in [6.45, 7) is 1.86. The van der Waals surface area contributed by atoms with Crippen LogP contribution in [0.4, 0.5) is 4.79 Å². The van der Waals surface area contributed by atoms with Gasteiger partial charge in [0.25, 0.3) is 5.91 Å². The van der Waals surface area contributed by atoms with Crippen LogP contribution in [0.1, 0.15) is 34.1 Å². The number of nitrogens with one attached hydrogen (secondary N) is 2. The van der Waals surface area contributed by atoms with Crippen LogP contribution in [-0.2, 0) is 22.4 Å². The van der Waals surface area contributed by atoms with Gasteiger partial charge >= 0.3 is 12.0 Å². The van der Waals surface area contributed by atoms with E-state index in [-0.39, 0.29) is 0 Å². The number of imide groups is 1. The number of methoxy groups -OCH3 is 1. The van der Waals surface area contributed by atoms with Crippen molar-refractivity contribution in [3.05, 3.63) is 40.3 Å². The molecule has 7 nitrogen and oxygen atoms in total. The van der Waals surface area contributed by atoms with Crippen LogP contribution in [0.15, 0.2) is 24.3 Å². The minimum absolute atomic E-state index is 0.442. The summed E-state index contributed by atoms with van der Waals surface area (Å²) in [4.78, 5) is 37.0. The van der Waals surface area contributed by atoms with Crippen molar-refractivity contribution < 1.29 is 23.9 Å². The summed E-state index contributed by atoms with van der Waals surface area (Å²) in [7, 11) is 1.64. The second-order valence-corrected chi connectivity index (χ2v) is 7.42. The van der Waals surface area contributed by atoms with Gasteiger partial charge in [-0.25, -0.2) is 9.59 Å². The van der Waals surface area contributed by atoms with Crippen molar-refractivity contribution in [1.82, 2.24) is 10.6 Å². The molecule has 2 aromatic rings. The molecule has 2 N–H and O–H groups in total. The minimum atomic E-state index is -0.666. The van der Waals surface area contributed by atoms with Crippen LogP contribution < -0.4 is 15.4 Å². The Bertz CT molecular complexity index is 906. The Morgan fingerprint density at radius 1 is 1.14 bits per heavy atom. The van der Waals surface area contributed by atoms with E-state index >= 15 is 0 Å². The van der Waals surface area contributed by atoms with Crippen molar-refractivity contribution in [2.75, 3.05) is 20.3 Å². The van der Waals surface area contributed by atoms with Gasteiger partial charge in [0.2, 0.25) is 0 Å². The topological polar surface area (TPSA) is 93.7 Å². The normalized spacial score (nSPS) is 11.8. The minimum Gasteiger partial charge on any atom is -0.497 e. The summed E-state index contributed by atoms with van der Waals surface area (Å²) in [6.07, 6.45) is 2.47. The smallest absolute Gasteiger partial charge is 0.348 e. The molecule has 0 saturated carbocycles. The Hall–Kier alpha value is -2.87. The van der Waals surface area contributed by atoms with E-state index in [0.29, 0.717) is 11.4 Å². The summed E-state index contributed by atoms with van der Waals surface area (Å²) < 4.78 is 10.3. The molecule has 0 aliphatic heterocycles. The summed E-state index contributed by atoms with van der Waals surface area (Å²) in [5.74, 6) is -0.424. The molecule has 0 fully saturated rings. The lowest BCUT2D eigenvalue weighted by Crippen LogP contribution is -2.41. The monoisotopic (exact) mass is 402 g/mol. The second kappa shape index (κ2) is 8.88. The number of thiophene rings is 1. The Morgan fingerprint density at radius 2 is 1.93 bits per heavy atom. The summed E-state index contributed by atoms with van der Waals surface area (Å²) in [5, 5.41) is 4.63. The SMILES string of the molecule is CCCNC(=O)NC(=O)COC(=O)c1cc2c(s1)-c1ccc(OC)cc1CC2. The number of carbonyl (C=O) groups excluding carboxylic acids is 3. The summed E-state index contributed by atoms with van der Waals surface area (Å²) in [5.41, 5.74) is 3.38. The second-order valence-electron chi connectivity index (χ2n) is 6.37. The fourth-order valence-corrected chi connectivity index (χ4v) is 4.15. The third-order valence-electron chi connectivity index (χ3n) is 4.35. The van der Waals surface area contributed by atoms with E-state index < -0.39 is 24.5 Å². The van der Waals surface area contributed by atoms with E-state index in [0.717, 1.165) is 41.0 Å². The number of rotatable bonds is 6. The van der Waals surface area contributed by atoms with Crippen molar-refractivity contribution in [2.24, 2.45) is 0 Å². The molecule has 0 saturated heterocycles. The Labute approximate surface area is 167 Å². The molecule has 1 aliphatic carbocycles. The quantitative estimate of drug-likeness (QED) is 0.725. The molecule has 28 heavy (non-hydrogen) atoms. The maximum atomic E-state index is 12.3. The van der Waals surface area contributed by atoms with Crippen LogP contribution in [0.3, 0.4) is 0 Å². The van der Waals surface area contributed by atoms with Crippen LogP contribution in [0.25, 0.3) is 10.4 Å². The largest absolute Gasteiger partial charge is 0.497 e. The lowest BCUT2D eigenvalue weighted by molar-refractivity contribution is -0.123. The number of esters is 1. The first-order valence-electron chi connectivity index (χ1n) is 9.06. The average Bonchev–Trinajstić information content (AvgIpc) is 3.14. The first-order valence-corrected chi connectivity index (χ1v) is 9.88. The molecule has 1 aliphatic rings. The van der Waals surface area contributed by atoms with E-state index in [1.54, 1.807) is 7.11 Å². The first-order chi connectivity index (χ1) is 13.5. The van der Waals surface area contributed by atoms with Gasteiger partial charge in [0.05, 0.1) is 7.11 Å². The summed E-state index contributed by atoms with van der Waals surface area (Å²) in [6, 6.07) is 7.15. The Balaban J connectivity index is 1.63. The van der Waals surface area contributed by atoms with E-state index in [4.69, 9.17) is 9.47 Å². The molecule has 3 rings (SSSR count). The third kappa shape index (κ3) is 4.51. The Kier molecular flexibility index (Phi) is 6.30. The molecule has 148 valence electrons. The lowest BCUT2D eigenvalue weighted by atomic mass is 9.91. The van der Waals surface area contributed by atoms with E-state index in [9.17, 15) is 14.4 Å². The molecule has 1 aromatic heterocycles. The van der Waals surface area contributed by atoms with Crippen molar-refractivity contribution in [1.29, 1.82) is 0 Å². The highest BCUT2D eigenvalue weighted by Gasteiger charge is 2.23. The molecule has 1 aromatic carbocycles. The fourth-order valence-electron chi connectivity index (χ4n) is 2.99. The predicted octanol–water partition coefficient (Wildman–Crippen LogP) is 2.91. The van der Waals surface area contributed by atoms with E-state index in [1.165, 1.54) is 16.9 Å². The van der Waals surface area contributed by atoms with Crippen molar-refractivity contribution >= 4 is 29.2 Å². The zero-order valence-corrected chi connectivity index (χ0v) is 16.6. The van der Waals surface area contributed by atoms with Crippen molar-refractivity contribution in [2.45, 2.75) is 26.2 Å². The molecular formula is C20H22N2O5S. The van der Waals surface area contributed by atoms with Gasteiger partial charge in [-0.2, -0.15) is 0 Å². The predicted molar refractivity (Wildman–Crippen MR) is 106 cm³/mol. The molecular weight excluding hydrogens is 380 g/mol. The third-order valence-corrected chi connectivity index (χ3v) is 5.54.